The van der Waals surface area contributed by atoms with Crippen molar-refractivity contribution in [3.8, 4) is 0 Å². The minimum absolute atomic E-state index is 0.484. The number of nitrogens with one attached hydrogen (secondary N) is 1. The lowest BCUT2D eigenvalue weighted by molar-refractivity contribution is 0.584. The lowest BCUT2D eigenvalue weighted by Gasteiger charge is -2.14. The largest absolute Gasteiger partial charge is 0.329 e. The van der Waals surface area contributed by atoms with Crippen molar-refractivity contribution in [2.45, 2.75) is 32.4 Å². The topological polar surface area (TPSA) is 29.9 Å². The molecule has 1 N–H and O–H groups in total. The van der Waals surface area contributed by atoms with E-state index in [0.717, 1.165) is 13.1 Å². The summed E-state index contributed by atoms with van der Waals surface area (Å²) in [5.74, 6) is 0. The van der Waals surface area contributed by atoms with Gasteiger partial charge in [-0.3, -0.25) is 0 Å². The third-order valence-electron chi connectivity index (χ3n) is 3.60. The van der Waals surface area contributed by atoms with Crippen molar-refractivity contribution in [3.05, 3.63) is 53.6 Å². The zero-order valence-electron chi connectivity index (χ0n) is 10.8. The first-order valence-electron chi connectivity index (χ1n) is 6.62. The normalized spacial score (nSPS) is 19.3. The van der Waals surface area contributed by atoms with E-state index in [-0.39, 0.29) is 0 Å². The van der Waals surface area contributed by atoms with Crippen molar-refractivity contribution >= 4 is 0 Å². The molecule has 1 atom stereocenters. The summed E-state index contributed by atoms with van der Waals surface area (Å²) in [5, 5.41) is 3.54. The van der Waals surface area contributed by atoms with Crippen LogP contribution in [0.3, 0.4) is 0 Å². The van der Waals surface area contributed by atoms with Crippen LogP contribution in [0.4, 0.5) is 0 Å². The molecule has 18 heavy (non-hydrogen) atoms. The first-order valence-corrected chi connectivity index (χ1v) is 6.62. The van der Waals surface area contributed by atoms with Crippen LogP contribution in [0.25, 0.3) is 0 Å². The standard InChI is InChI=1S/C15H19N3/c1-12-4-2-5-13(8-12)10-18-11-16-9-15(18)14-6-3-7-17-14/h2,4-5,8-9,11,14,17H,3,6-7,10H2,1H3/t14-/m0/s1. The SMILES string of the molecule is Cc1cccc(Cn2cncc2[C@@H]2CCCN2)c1. The molecule has 0 radical (unpaired) electrons. The first kappa shape index (κ1) is 11.5. The number of hydrogen-bond donors (Lipinski definition) is 1. The maximum atomic E-state index is 4.31. The van der Waals surface area contributed by atoms with Gasteiger partial charge in [0.1, 0.15) is 0 Å². The number of imidazole rings is 1. The average molecular weight is 241 g/mol. The number of hydrogen-bond acceptors (Lipinski definition) is 2. The highest BCUT2D eigenvalue weighted by molar-refractivity contribution is 5.23. The second-order valence-corrected chi connectivity index (χ2v) is 5.08. The first-order chi connectivity index (χ1) is 8.83. The summed E-state index contributed by atoms with van der Waals surface area (Å²) in [5.41, 5.74) is 3.97. The Hall–Kier alpha value is -1.61. The predicted molar refractivity (Wildman–Crippen MR) is 72.5 cm³/mol. The van der Waals surface area contributed by atoms with Crippen LogP contribution in [0.2, 0.25) is 0 Å². The Bertz CT molecular complexity index is 524. The summed E-state index contributed by atoms with van der Waals surface area (Å²) in [6.45, 7) is 4.17. The monoisotopic (exact) mass is 241 g/mol. The smallest absolute Gasteiger partial charge is 0.0951 e. The van der Waals surface area contributed by atoms with Crippen molar-refractivity contribution < 1.29 is 0 Å². The van der Waals surface area contributed by atoms with Gasteiger partial charge in [-0.2, -0.15) is 0 Å². The quantitative estimate of drug-likeness (QED) is 0.895. The molecule has 0 amide bonds. The molecule has 0 spiro atoms. The van der Waals surface area contributed by atoms with Gasteiger partial charge in [0.15, 0.2) is 0 Å². The molecule has 1 saturated heterocycles. The summed E-state index contributed by atoms with van der Waals surface area (Å²) in [6, 6.07) is 9.16. The molecule has 0 saturated carbocycles. The average Bonchev–Trinajstić information content (AvgIpc) is 2.98. The van der Waals surface area contributed by atoms with Gasteiger partial charge in [-0.25, -0.2) is 4.98 Å². The minimum atomic E-state index is 0.484. The van der Waals surface area contributed by atoms with Crippen LogP contribution in [0.1, 0.15) is 35.7 Å². The Kier molecular flexibility index (Phi) is 3.15. The van der Waals surface area contributed by atoms with Crippen LogP contribution in [-0.2, 0) is 6.54 Å². The molecule has 3 heteroatoms. The van der Waals surface area contributed by atoms with Gasteiger partial charge in [-0.1, -0.05) is 29.8 Å². The van der Waals surface area contributed by atoms with Crippen LogP contribution >= 0.6 is 0 Å². The summed E-state index contributed by atoms with van der Waals surface area (Å²) in [6.07, 6.45) is 6.43. The van der Waals surface area contributed by atoms with E-state index in [9.17, 15) is 0 Å². The molecule has 2 heterocycles. The molecule has 0 bridgehead atoms. The van der Waals surface area contributed by atoms with E-state index < -0.39 is 0 Å². The lowest BCUT2D eigenvalue weighted by Crippen LogP contribution is -2.17. The molecule has 3 rings (SSSR count). The molecule has 1 aliphatic heterocycles. The molecular formula is C15H19N3. The number of rotatable bonds is 3. The zero-order valence-corrected chi connectivity index (χ0v) is 10.8. The highest BCUT2D eigenvalue weighted by Gasteiger charge is 2.19. The van der Waals surface area contributed by atoms with E-state index >= 15 is 0 Å². The molecule has 1 aromatic carbocycles. The van der Waals surface area contributed by atoms with Crippen LogP contribution in [0.15, 0.2) is 36.8 Å². The molecule has 2 aromatic rings. The fourth-order valence-electron chi connectivity index (χ4n) is 2.70. The Morgan fingerprint density at radius 3 is 3.17 bits per heavy atom. The van der Waals surface area contributed by atoms with Crippen molar-refractivity contribution in [2.75, 3.05) is 6.54 Å². The summed E-state index contributed by atoms with van der Waals surface area (Å²) in [4.78, 5) is 4.31. The fraction of sp³-hybridized carbons (Fsp3) is 0.400. The van der Waals surface area contributed by atoms with E-state index in [2.05, 4.69) is 46.1 Å². The Balaban J connectivity index is 1.82. The van der Waals surface area contributed by atoms with E-state index in [1.807, 2.05) is 12.5 Å². The van der Waals surface area contributed by atoms with Gasteiger partial charge in [0, 0.05) is 18.8 Å². The second kappa shape index (κ2) is 4.94. The Morgan fingerprint density at radius 2 is 2.39 bits per heavy atom. The van der Waals surface area contributed by atoms with Gasteiger partial charge >= 0.3 is 0 Å². The number of nitrogens with zero attached hydrogens (tertiary/aromatic N) is 2. The van der Waals surface area contributed by atoms with Gasteiger partial charge in [0.05, 0.1) is 12.0 Å². The number of aryl methyl sites for hydroxylation is 1. The van der Waals surface area contributed by atoms with Crippen LogP contribution in [-0.4, -0.2) is 16.1 Å². The van der Waals surface area contributed by atoms with Crippen molar-refractivity contribution in [3.63, 3.8) is 0 Å². The van der Waals surface area contributed by atoms with Gasteiger partial charge in [-0.15, -0.1) is 0 Å². The Labute approximate surface area is 108 Å². The third kappa shape index (κ3) is 2.31. The highest BCUT2D eigenvalue weighted by Crippen LogP contribution is 2.23. The van der Waals surface area contributed by atoms with Gasteiger partial charge in [-0.05, 0) is 31.9 Å². The molecule has 1 aliphatic rings. The maximum Gasteiger partial charge on any atom is 0.0951 e. The molecular weight excluding hydrogens is 222 g/mol. The van der Waals surface area contributed by atoms with E-state index in [4.69, 9.17) is 0 Å². The van der Waals surface area contributed by atoms with Crippen molar-refractivity contribution in [1.29, 1.82) is 0 Å². The number of aromatic nitrogens is 2. The lowest BCUT2D eigenvalue weighted by atomic mass is 10.1. The molecule has 0 unspecified atom stereocenters. The summed E-state index contributed by atoms with van der Waals surface area (Å²) in [7, 11) is 0. The van der Waals surface area contributed by atoms with Crippen molar-refractivity contribution in [2.24, 2.45) is 0 Å². The molecule has 3 nitrogen and oxygen atoms in total. The van der Waals surface area contributed by atoms with Gasteiger partial charge in [0.2, 0.25) is 0 Å². The molecule has 1 fully saturated rings. The number of benzene rings is 1. The molecule has 0 aliphatic carbocycles. The van der Waals surface area contributed by atoms with E-state index in [1.54, 1.807) is 0 Å². The van der Waals surface area contributed by atoms with Crippen LogP contribution < -0.4 is 5.32 Å². The van der Waals surface area contributed by atoms with Crippen LogP contribution in [0.5, 0.6) is 0 Å². The Morgan fingerprint density at radius 1 is 1.44 bits per heavy atom. The fourth-order valence-corrected chi connectivity index (χ4v) is 2.70. The minimum Gasteiger partial charge on any atom is -0.329 e. The van der Waals surface area contributed by atoms with E-state index in [1.165, 1.54) is 29.7 Å². The maximum absolute atomic E-state index is 4.31. The predicted octanol–water partition coefficient (Wildman–Crippen LogP) is 2.66. The molecule has 94 valence electrons. The highest BCUT2D eigenvalue weighted by atomic mass is 15.1. The molecule has 1 aromatic heterocycles. The van der Waals surface area contributed by atoms with Crippen LogP contribution in [0, 0.1) is 6.92 Å². The third-order valence-corrected chi connectivity index (χ3v) is 3.60. The van der Waals surface area contributed by atoms with Gasteiger partial charge < -0.3 is 9.88 Å². The summed E-state index contributed by atoms with van der Waals surface area (Å²) >= 11 is 0. The summed E-state index contributed by atoms with van der Waals surface area (Å²) < 4.78 is 2.26. The van der Waals surface area contributed by atoms with E-state index in [0.29, 0.717) is 6.04 Å². The van der Waals surface area contributed by atoms with Crippen molar-refractivity contribution in [1.82, 2.24) is 14.9 Å². The second-order valence-electron chi connectivity index (χ2n) is 5.08. The zero-order chi connectivity index (χ0) is 12.4. The van der Waals surface area contributed by atoms with Gasteiger partial charge in [0.25, 0.3) is 0 Å².